The molecule has 1 aromatic carbocycles. The number of ether oxygens (including phenoxy) is 1. The van der Waals surface area contributed by atoms with Crippen molar-refractivity contribution in [2.75, 3.05) is 13.2 Å². The normalized spacial score (nSPS) is 9.62. The van der Waals surface area contributed by atoms with Crippen LogP contribution in [-0.4, -0.2) is 23.2 Å². The van der Waals surface area contributed by atoms with Gasteiger partial charge < -0.3 is 9.84 Å². The van der Waals surface area contributed by atoms with Gasteiger partial charge in [-0.15, -0.1) is 0 Å². The molecule has 0 fully saturated rings. The number of nitro benzene ring substituents is 1. The molecule has 5 heteroatoms. The first-order chi connectivity index (χ1) is 6.25. The van der Waals surface area contributed by atoms with Gasteiger partial charge in [-0.2, -0.15) is 0 Å². The largest absolute Gasteiger partial charge is 0.484 e. The lowest BCUT2D eigenvalue weighted by Crippen LogP contribution is -2.03. The van der Waals surface area contributed by atoms with E-state index in [1.807, 2.05) is 0 Å². The van der Waals surface area contributed by atoms with Crippen molar-refractivity contribution in [1.29, 1.82) is 0 Å². The van der Waals surface area contributed by atoms with Crippen LogP contribution in [0.25, 0.3) is 0 Å². The second-order valence-corrected chi connectivity index (χ2v) is 2.22. The van der Waals surface area contributed by atoms with E-state index >= 15 is 0 Å². The quantitative estimate of drug-likeness (QED) is 0.551. The van der Waals surface area contributed by atoms with Crippen LogP contribution in [-0.2, 0) is 0 Å². The number of nitrogens with zero attached hydrogens (tertiary/aromatic N) is 1. The summed E-state index contributed by atoms with van der Waals surface area (Å²) in [6, 6.07) is 6.76. The van der Waals surface area contributed by atoms with E-state index < -0.39 is 4.92 Å². The van der Waals surface area contributed by atoms with E-state index in [1.165, 1.54) is 18.2 Å². The molecule has 0 spiro atoms. The Morgan fingerprint density at radius 2 is 2.46 bits per heavy atom. The lowest BCUT2D eigenvalue weighted by molar-refractivity contribution is -0.385. The van der Waals surface area contributed by atoms with Gasteiger partial charge in [0, 0.05) is 6.07 Å². The van der Waals surface area contributed by atoms with E-state index in [2.05, 4.69) is 6.07 Å². The standard InChI is InChI=1S/C8H8NO4/c10-5-6-13-8-4-2-1-3-7(8)9(11)12/h1,3-4,10H,5-6H2. The summed E-state index contributed by atoms with van der Waals surface area (Å²) in [7, 11) is 0. The molecule has 5 nitrogen and oxygen atoms in total. The number of hydrogen-bond acceptors (Lipinski definition) is 4. The number of rotatable bonds is 4. The second kappa shape index (κ2) is 4.42. The Bertz CT molecular complexity index is 300. The number of nitro groups is 1. The van der Waals surface area contributed by atoms with Gasteiger partial charge in [0.15, 0.2) is 5.75 Å². The lowest BCUT2D eigenvalue weighted by Gasteiger charge is -2.03. The van der Waals surface area contributed by atoms with Crippen molar-refractivity contribution in [3.05, 3.63) is 34.4 Å². The van der Waals surface area contributed by atoms with Crippen LogP contribution in [0.3, 0.4) is 0 Å². The SMILES string of the molecule is O=[N+]([O-])c1cc[c]cc1OCCO. The van der Waals surface area contributed by atoms with Gasteiger partial charge in [-0.3, -0.25) is 10.1 Å². The molecular formula is C8H8NO4. The molecule has 69 valence electrons. The maximum Gasteiger partial charge on any atom is 0.310 e. The Labute approximate surface area is 74.7 Å². The average Bonchev–Trinajstić information content (AvgIpc) is 2.15. The van der Waals surface area contributed by atoms with Crippen LogP contribution in [0.5, 0.6) is 5.75 Å². The third kappa shape index (κ3) is 2.41. The molecule has 0 amide bonds. The fraction of sp³-hybridized carbons (Fsp3) is 0.250. The zero-order valence-corrected chi connectivity index (χ0v) is 6.77. The number of aliphatic hydroxyl groups excluding tert-OH is 1. The van der Waals surface area contributed by atoms with E-state index in [0.29, 0.717) is 0 Å². The van der Waals surface area contributed by atoms with Gasteiger partial charge in [0.2, 0.25) is 0 Å². The monoisotopic (exact) mass is 182 g/mol. The average molecular weight is 182 g/mol. The van der Waals surface area contributed by atoms with E-state index in [1.54, 1.807) is 0 Å². The summed E-state index contributed by atoms with van der Waals surface area (Å²) in [5.74, 6) is 0.126. The van der Waals surface area contributed by atoms with Gasteiger partial charge >= 0.3 is 5.69 Å². The molecular weight excluding hydrogens is 174 g/mol. The summed E-state index contributed by atoms with van der Waals surface area (Å²) in [6.07, 6.45) is 0. The Morgan fingerprint density at radius 3 is 3.08 bits per heavy atom. The maximum atomic E-state index is 10.4. The Morgan fingerprint density at radius 1 is 1.69 bits per heavy atom. The minimum atomic E-state index is -0.541. The topological polar surface area (TPSA) is 72.6 Å². The summed E-state index contributed by atoms with van der Waals surface area (Å²) in [5, 5.41) is 18.9. The number of benzene rings is 1. The molecule has 0 saturated heterocycles. The third-order valence-electron chi connectivity index (χ3n) is 1.35. The Hall–Kier alpha value is -1.62. The third-order valence-corrected chi connectivity index (χ3v) is 1.35. The predicted molar refractivity (Wildman–Crippen MR) is 44.5 cm³/mol. The highest BCUT2D eigenvalue weighted by Gasteiger charge is 2.12. The number of aliphatic hydroxyl groups is 1. The second-order valence-electron chi connectivity index (χ2n) is 2.22. The van der Waals surface area contributed by atoms with Crippen molar-refractivity contribution < 1.29 is 14.8 Å². The smallest absolute Gasteiger partial charge is 0.310 e. The molecule has 0 aliphatic heterocycles. The Kier molecular flexibility index (Phi) is 3.22. The maximum absolute atomic E-state index is 10.4. The first kappa shape index (κ1) is 9.47. The number of hydrogen-bond donors (Lipinski definition) is 1. The highest BCUT2D eigenvalue weighted by Crippen LogP contribution is 2.25. The van der Waals surface area contributed by atoms with E-state index in [9.17, 15) is 10.1 Å². The van der Waals surface area contributed by atoms with Crippen molar-refractivity contribution in [2.24, 2.45) is 0 Å². The minimum absolute atomic E-state index is 0.0404. The first-order valence-corrected chi connectivity index (χ1v) is 3.64. The predicted octanol–water partition coefficient (Wildman–Crippen LogP) is 0.766. The van der Waals surface area contributed by atoms with E-state index in [-0.39, 0.29) is 24.7 Å². The molecule has 0 bridgehead atoms. The molecule has 13 heavy (non-hydrogen) atoms. The molecule has 0 aliphatic rings. The van der Waals surface area contributed by atoms with Crippen LogP contribution in [0.1, 0.15) is 0 Å². The zero-order valence-electron chi connectivity index (χ0n) is 6.77. The first-order valence-electron chi connectivity index (χ1n) is 3.64. The molecule has 0 aliphatic carbocycles. The fourth-order valence-corrected chi connectivity index (χ4v) is 0.829. The summed E-state index contributed by atoms with van der Waals surface area (Å²) in [5.41, 5.74) is -0.118. The van der Waals surface area contributed by atoms with E-state index in [0.717, 1.165) is 0 Å². The van der Waals surface area contributed by atoms with Crippen LogP contribution in [0.4, 0.5) is 5.69 Å². The van der Waals surface area contributed by atoms with Crippen LogP contribution in [0, 0.1) is 16.2 Å². The summed E-state index contributed by atoms with van der Waals surface area (Å²) in [4.78, 5) is 9.89. The van der Waals surface area contributed by atoms with E-state index in [4.69, 9.17) is 9.84 Å². The lowest BCUT2D eigenvalue weighted by atomic mass is 10.3. The van der Waals surface area contributed by atoms with Crippen LogP contribution in [0.15, 0.2) is 18.2 Å². The van der Waals surface area contributed by atoms with Crippen molar-refractivity contribution >= 4 is 5.69 Å². The molecule has 1 radical (unpaired) electrons. The van der Waals surface area contributed by atoms with Crippen molar-refractivity contribution in [3.8, 4) is 5.75 Å². The molecule has 0 heterocycles. The molecule has 0 atom stereocenters. The van der Waals surface area contributed by atoms with Gasteiger partial charge in [0.05, 0.1) is 11.5 Å². The van der Waals surface area contributed by atoms with Gasteiger partial charge in [-0.05, 0) is 18.2 Å². The van der Waals surface area contributed by atoms with Crippen molar-refractivity contribution in [2.45, 2.75) is 0 Å². The van der Waals surface area contributed by atoms with Crippen molar-refractivity contribution in [3.63, 3.8) is 0 Å². The molecule has 1 aromatic rings. The van der Waals surface area contributed by atoms with Crippen LogP contribution >= 0.6 is 0 Å². The zero-order chi connectivity index (χ0) is 9.68. The summed E-state index contributed by atoms with van der Waals surface area (Å²) < 4.78 is 4.92. The van der Waals surface area contributed by atoms with Crippen LogP contribution in [0.2, 0.25) is 0 Å². The molecule has 1 N–H and O–H groups in total. The van der Waals surface area contributed by atoms with Gasteiger partial charge in [0.1, 0.15) is 6.61 Å². The highest BCUT2D eigenvalue weighted by molar-refractivity contribution is 5.45. The molecule has 0 unspecified atom stereocenters. The van der Waals surface area contributed by atoms with Gasteiger partial charge in [-0.25, -0.2) is 0 Å². The molecule has 0 aromatic heterocycles. The molecule has 0 saturated carbocycles. The Balaban J connectivity index is 2.84. The van der Waals surface area contributed by atoms with Crippen molar-refractivity contribution in [1.82, 2.24) is 0 Å². The van der Waals surface area contributed by atoms with Crippen LogP contribution < -0.4 is 4.74 Å². The summed E-state index contributed by atoms with van der Waals surface area (Å²) >= 11 is 0. The van der Waals surface area contributed by atoms with Gasteiger partial charge in [0.25, 0.3) is 0 Å². The summed E-state index contributed by atoms with van der Waals surface area (Å²) in [6.45, 7) is -0.134. The molecule has 1 rings (SSSR count). The fourth-order valence-electron chi connectivity index (χ4n) is 0.829. The van der Waals surface area contributed by atoms with Gasteiger partial charge in [-0.1, -0.05) is 0 Å². The highest BCUT2D eigenvalue weighted by atomic mass is 16.6. The minimum Gasteiger partial charge on any atom is -0.484 e.